The summed E-state index contributed by atoms with van der Waals surface area (Å²) >= 11 is 0. The maximum Gasteiger partial charge on any atom is 0.229 e. The topological polar surface area (TPSA) is 41.1 Å². The van der Waals surface area contributed by atoms with Crippen LogP contribution < -0.4 is 10.2 Å². The summed E-state index contributed by atoms with van der Waals surface area (Å²) in [5, 5.41) is 3.27. The van der Waals surface area contributed by atoms with Gasteiger partial charge < -0.3 is 10.2 Å². The predicted molar refractivity (Wildman–Crippen MR) is 112 cm³/mol. The summed E-state index contributed by atoms with van der Waals surface area (Å²) in [4.78, 5) is 11.8. The minimum absolute atomic E-state index is 0.245. The molecule has 1 atom stereocenters. The number of aromatic nitrogens is 2. The fourth-order valence-corrected chi connectivity index (χ4v) is 3.90. The molecule has 0 fully saturated rings. The molecule has 2 heterocycles. The van der Waals surface area contributed by atoms with Gasteiger partial charge in [0, 0.05) is 23.5 Å². The van der Waals surface area contributed by atoms with Crippen LogP contribution in [0.4, 0.5) is 21.8 Å². The molecule has 0 bridgehead atoms. The number of nitrogens with one attached hydrogen (secondary N) is 1. The van der Waals surface area contributed by atoms with Gasteiger partial charge in [-0.2, -0.15) is 4.98 Å². The second kappa shape index (κ2) is 7.23. The Morgan fingerprint density at radius 3 is 2.64 bits per heavy atom. The van der Waals surface area contributed by atoms with Gasteiger partial charge >= 0.3 is 0 Å². The largest absolute Gasteiger partial charge is 0.349 e. The van der Waals surface area contributed by atoms with Crippen molar-refractivity contribution in [3.05, 3.63) is 76.2 Å². The molecule has 4 nitrogen and oxygen atoms in total. The van der Waals surface area contributed by atoms with Crippen LogP contribution in [0.25, 0.3) is 0 Å². The second-order valence-corrected chi connectivity index (χ2v) is 7.48. The van der Waals surface area contributed by atoms with Crippen molar-refractivity contribution in [1.82, 2.24) is 9.97 Å². The average Bonchev–Trinajstić information content (AvgIpc) is 2.67. The van der Waals surface area contributed by atoms with Gasteiger partial charge in [0.15, 0.2) is 0 Å². The average molecular weight is 376 g/mol. The molecule has 0 unspecified atom stereocenters. The standard InChI is InChI=1S/C23H25FN4/c1-14-13-19(24)9-10-21(14)26-23-25-16(3)15(2)22(27-23)28-12-11-18-7-5-6-8-20(18)17(28)4/h5-10,13,17H,11-12H2,1-4H3,(H,25,26,27)/t17-/m1/s1. The van der Waals surface area contributed by atoms with Crippen molar-refractivity contribution in [2.45, 2.75) is 40.2 Å². The maximum absolute atomic E-state index is 13.4. The van der Waals surface area contributed by atoms with Crippen LogP contribution in [0, 0.1) is 26.6 Å². The summed E-state index contributed by atoms with van der Waals surface area (Å²) < 4.78 is 13.4. The zero-order valence-electron chi connectivity index (χ0n) is 16.8. The molecule has 4 rings (SSSR count). The molecule has 1 aliphatic heterocycles. The molecule has 0 amide bonds. The fraction of sp³-hybridized carbons (Fsp3) is 0.304. The zero-order valence-corrected chi connectivity index (χ0v) is 16.8. The number of nitrogens with zero attached hydrogens (tertiary/aromatic N) is 3. The minimum Gasteiger partial charge on any atom is -0.349 e. The van der Waals surface area contributed by atoms with E-state index in [0.717, 1.165) is 41.3 Å². The third-order valence-corrected chi connectivity index (χ3v) is 5.67. The van der Waals surface area contributed by atoms with Crippen molar-refractivity contribution in [3.63, 3.8) is 0 Å². The first-order chi connectivity index (χ1) is 13.4. The SMILES string of the molecule is Cc1cc(F)ccc1Nc1nc(C)c(C)c(N2CCc3ccccc3[C@H]2C)n1. The second-order valence-electron chi connectivity index (χ2n) is 7.48. The van der Waals surface area contributed by atoms with Gasteiger partial charge in [-0.05, 0) is 69.0 Å². The summed E-state index contributed by atoms with van der Waals surface area (Å²) in [6.07, 6.45) is 1.00. The van der Waals surface area contributed by atoms with E-state index >= 15 is 0 Å². The Kier molecular flexibility index (Phi) is 4.75. The van der Waals surface area contributed by atoms with Gasteiger partial charge in [0.25, 0.3) is 0 Å². The van der Waals surface area contributed by atoms with E-state index in [0.29, 0.717) is 5.95 Å². The highest BCUT2D eigenvalue weighted by molar-refractivity contribution is 5.62. The first-order valence-electron chi connectivity index (χ1n) is 9.67. The van der Waals surface area contributed by atoms with E-state index in [-0.39, 0.29) is 11.9 Å². The number of hydrogen-bond acceptors (Lipinski definition) is 4. The smallest absolute Gasteiger partial charge is 0.229 e. The van der Waals surface area contributed by atoms with E-state index in [9.17, 15) is 4.39 Å². The molecule has 0 radical (unpaired) electrons. The number of fused-ring (bicyclic) bond motifs is 1. The highest BCUT2D eigenvalue weighted by Crippen LogP contribution is 2.35. The van der Waals surface area contributed by atoms with E-state index in [1.807, 2.05) is 13.8 Å². The minimum atomic E-state index is -0.245. The summed E-state index contributed by atoms with van der Waals surface area (Å²) in [6.45, 7) is 9.10. The molecule has 1 aliphatic rings. The van der Waals surface area contributed by atoms with Crippen molar-refractivity contribution in [2.24, 2.45) is 0 Å². The van der Waals surface area contributed by atoms with Gasteiger partial charge in [-0.1, -0.05) is 24.3 Å². The summed E-state index contributed by atoms with van der Waals surface area (Å²) in [7, 11) is 0. The first-order valence-corrected chi connectivity index (χ1v) is 9.67. The number of anilines is 3. The van der Waals surface area contributed by atoms with Crippen LogP contribution in [0.1, 0.15) is 40.9 Å². The van der Waals surface area contributed by atoms with E-state index < -0.39 is 0 Å². The summed E-state index contributed by atoms with van der Waals surface area (Å²) in [5.74, 6) is 1.25. The normalized spacial score (nSPS) is 16.0. The molecule has 0 saturated heterocycles. The van der Waals surface area contributed by atoms with Gasteiger partial charge in [-0.3, -0.25) is 0 Å². The molecule has 2 aromatic carbocycles. The van der Waals surface area contributed by atoms with Crippen LogP contribution in [0.2, 0.25) is 0 Å². The lowest BCUT2D eigenvalue weighted by atomic mass is 9.93. The Bertz CT molecular complexity index is 1030. The van der Waals surface area contributed by atoms with Crippen LogP contribution in [0.15, 0.2) is 42.5 Å². The molecule has 5 heteroatoms. The van der Waals surface area contributed by atoms with Gasteiger partial charge in [-0.25, -0.2) is 9.37 Å². The van der Waals surface area contributed by atoms with Gasteiger partial charge in [0.1, 0.15) is 11.6 Å². The van der Waals surface area contributed by atoms with Crippen LogP contribution in [-0.4, -0.2) is 16.5 Å². The number of rotatable bonds is 3. The molecule has 3 aromatic rings. The monoisotopic (exact) mass is 376 g/mol. The number of hydrogen-bond donors (Lipinski definition) is 1. The van der Waals surface area contributed by atoms with Gasteiger partial charge in [0.2, 0.25) is 5.95 Å². The van der Waals surface area contributed by atoms with Gasteiger partial charge in [-0.15, -0.1) is 0 Å². The van der Waals surface area contributed by atoms with E-state index in [1.54, 1.807) is 6.07 Å². The molecule has 144 valence electrons. The Morgan fingerprint density at radius 2 is 1.86 bits per heavy atom. The van der Waals surface area contributed by atoms with Crippen LogP contribution in [0.3, 0.4) is 0 Å². The van der Waals surface area contributed by atoms with Crippen molar-refractivity contribution in [2.75, 3.05) is 16.8 Å². The quantitative estimate of drug-likeness (QED) is 0.664. The van der Waals surface area contributed by atoms with E-state index in [2.05, 4.69) is 53.3 Å². The van der Waals surface area contributed by atoms with Crippen LogP contribution in [0.5, 0.6) is 0 Å². The Labute approximate surface area is 165 Å². The predicted octanol–water partition coefficient (Wildman–Crippen LogP) is 5.41. The molecule has 0 aliphatic carbocycles. The molecule has 28 heavy (non-hydrogen) atoms. The number of halogens is 1. The first kappa shape index (κ1) is 18.4. The Morgan fingerprint density at radius 1 is 1.07 bits per heavy atom. The van der Waals surface area contributed by atoms with Crippen LogP contribution >= 0.6 is 0 Å². The number of aryl methyl sites for hydroxylation is 2. The Balaban J connectivity index is 1.70. The highest BCUT2D eigenvalue weighted by atomic mass is 19.1. The molecule has 0 saturated carbocycles. The van der Waals surface area contributed by atoms with Crippen molar-refractivity contribution < 1.29 is 4.39 Å². The van der Waals surface area contributed by atoms with E-state index in [4.69, 9.17) is 4.98 Å². The van der Waals surface area contributed by atoms with Gasteiger partial charge in [0.05, 0.1) is 6.04 Å². The molecular weight excluding hydrogens is 351 g/mol. The molecule has 0 spiro atoms. The van der Waals surface area contributed by atoms with Crippen molar-refractivity contribution >= 4 is 17.5 Å². The third-order valence-electron chi connectivity index (χ3n) is 5.67. The fourth-order valence-electron chi connectivity index (χ4n) is 3.90. The summed E-state index contributed by atoms with van der Waals surface area (Å²) in [6, 6.07) is 13.5. The molecule has 1 N–H and O–H groups in total. The highest BCUT2D eigenvalue weighted by Gasteiger charge is 2.26. The number of benzene rings is 2. The third kappa shape index (κ3) is 3.33. The van der Waals surface area contributed by atoms with Crippen molar-refractivity contribution in [3.8, 4) is 0 Å². The lowest BCUT2D eigenvalue weighted by Crippen LogP contribution is -2.35. The van der Waals surface area contributed by atoms with E-state index in [1.165, 1.54) is 23.3 Å². The van der Waals surface area contributed by atoms with Crippen molar-refractivity contribution in [1.29, 1.82) is 0 Å². The maximum atomic E-state index is 13.4. The summed E-state index contributed by atoms with van der Waals surface area (Å²) in [5.41, 5.74) is 6.44. The zero-order chi connectivity index (χ0) is 19.8. The lowest BCUT2D eigenvalue weighted by molar-refractivity contribution is 0.614. The molecule has 1 aromatic heterocycles. The lowest BCUT2D eigenvalue weighted by Gasteiger charge is -2.37. The Hall–Kier alpha value is -2.95. The van der Waals surface area contributed by atoms with Crippen LogP contribution in [-0.2, 0) is 6.42 Å². The molecular formula is C23H25FN4.